The molecule has 0 spiro atoms. The number of benzene rings is 2. The van der Waals surface area contributed by atoms with Gasteiger partial charge in [-0.1, -0.05) is 48.5 Å². The number of rotatable bonds is 9. The largest absolute Gasteiger partial charge is 0.492 e. The van der Waals surface area contributed by atoms with Crippen LogP contribution in [-0.4, -0.2) is 30.3 Å². The van der Waals surface area contributed by atoms with Gasteiger partial charge in [0.15, 0.2) is 12.1 Å². The van der Waals surface area contributed by atoms with E-state index in [1.807, 2.05) is 30.3 Å². The summed E-state index contributed by atoms with van der Waals surface area (Å²) < 4.78 is 19.2. The molecule has 0 fully saturated rings. The Morgan fingerprint density at radius 1 is 1.09 bits per heavy atom. The van der Waals surface area contributed by atoms with Crippen LogP contribution in [0.2, 0.25) is 0 Å². The number of carbonyl (C=O) groups excluding carboxylic acids is 1. The summed E-state index contributed by atoms with van der Waals surface area (Å²) in [7, 11) is 0. The first-order chi connectivity index (χ1) is 11.2. The summed E-state index contributed by atoms with van der Waals surface area (Å²) in [5.74, 6) is 0.153. The minimum atomic E-state index is -1.51. The van der Waals surface area contributed by atoms with Crippen LogP contribution in [0.3, 0.4) is 0 Å². The summed E-state index contributed by atoms with van der Waals surface area (Å²) in [5.41, 5.74) is 0.470. The van der Waals surface area contributed by atoms with Crippen LogP contribution in [0.4, 0.5) is 4.39 Å². The Labute approximate surface area is 134 Å². The Kier molecular flexibility index (Phi) is 6.72. The highest BCUT2D eigenvalue weighted by Gasteiger charge is 2.20. The first kappa shape index (κ1) is 17.1. The van der Waals surface area contributed by atoms with Gasteiger partial charge in [-0.15, -0.1) is 0 Å². The van der Waals surface area contributed by atoms with Gasteiger partial charge >= 0.3 is 0 Å². The van der Waals surface area contributed by atoms with E-state index < -0.39 is 18.2 Å². The Hall–Kier alpha value is -2.24. The fourth-order valence-corrected chi connectivity index (χ4v) is 2.08. The molecule has 0 amide bonds. The number of Topliss-reactive ketones (excluding diaryl/α,β-unsaturated/α-hetero) is 1. The second kappa shape index (κ2) is 9.02. The normalized spacial score (nSPS) is 13.3. The van der Waals surface area contributed by atoms with Crippen LogP contribution in [0.1, 0.15) is 18.1 Å². The molecule has 0 saturated carbocycles. The van der Waals surface area contributed by atoms with E-state index in [2.05, 4.69) is 5.32 Å². The summed E-state index contributed by atoms with van der Waals surface area (Å²) in [5, 5.41) is 12.5. The zero-order chi connectivity index (χ0) is 16.5. The molecule has 2 aromatic carbocycles. The number of para-hydroxylation sites is 1. The Morgan fingerprint density at radius 3 is 2.35 bits per heavy atom. The van der Waals surface area contributed by atoms with Crippen LogP contribution in [0, 0.1) is 0 Å². The molecular formula is C18H20FNO3. The molecule has 0 aliphatic rings. The van der Waals surface area contributed by atoms with E-state index in [9.17, 15) is 14.3 Å². The van der Waals surface area contributed by atoms with Gasteiger partial charge in [-0.25, -0.2) is 4.39 Å². The monoisotopic (exact) mass is 317 g/mol. The first-order valence-electron chi connectivity index (χ1n) is 7.48. The van der Waals surface area contributed by atoms with Crippen molar-refractivity contribution in [1.29, 1.82) is 0 Å². The van der Waals surface area contributed by atoms with Gasteiger partial charge in [0.05, 0.1) is 6.42 Å². The second-order valence-electron chi connectivity index (χ2n) is 5.07. The smallest absolute Gasteiger partial charge is 0.170 e. The molecule has 0 heterocycles. The van der Waals surface area contributed by atoms with Crippen molar-refractivity contribution in [3.05, 3.63) is 66.2 Å². The second-order valence-corrected chi connectivity index (χ2v) is 5.07. The number of nitrogens with one attached hydrogen (secondary N) is 1. The van der Waals surface area contributed by atoms with Gasteiger partial charge in [0.2, 0.25) is 0 Å². The van der Waals surface area contributed by atoms with Crippen LogP contribution in [0.25, 0.3) is 0 Å². The van der Waals surface area contributed by atoms with Crippen molar-refractivity contribution in [2.24, 2.45) is 0 Å². The molecule has 2 unspecified atom stereocenters. The van der Waals surface area contributed by atoms with Gasteiger partial charge < -0.3 is 9.84 Å². The Morgan fingerprint density at radius 2 is 1.70 bits per heavy atom. The van der Waals surface area contributed by atoms with E-state index in [1.165, 1.54) is 0 Å². The minimum Gasteiger partial charge on any atom is -0.492 e. The molecule has 0 bridgehead atoms. The first-order valence-corrected chi connectivity index (χ1v) is 7.48. The number of halogens is 1. The van der Waals surface area contributed by atoms with Crippen molar-refractivity contribution in [3.63, 3.8) is 0 Å². The van der Waals surface area contributed by atoms with Crippen molar-refractivity contribution < 1.29 is 19.0 Å². The van der Waals surface area contributed by atoms with E-state index in [0.29, 0.717) is 17.9 Å². The maximum atomic E-state index is 13.8. The van der Waals surface area contributed by atoms with Crippen molar-refractivity contribution in [1.82, 2.24) is 5.32 Å². The Bertz CT molecular complexity index is 592. The molecule has 23 heavy (non-hydrogen) atoms. The topological polar surface area (TPSA) is 58.6 Å². The maximum absolute atomic E-state index is 13.8. The van der Waals surface area contributed by atoms with E-state index in [1.54, 1.807) is 30.3 Å². The number of carbonyl (C=O) groups is 1. The number of aliphatic hydroxyl groups excluding tert-OH is 1. The minimum absolute atomic E-state index is 0.269. The predicted molar refractivity (Wildman–Crippen MR) is 85.9 cm³/mol. The van der Waals surface area contributed by atoms with Gasteiger partial charge in [0.25, 0.3) is 0 Å². The third-order valence-electron chi connectivity index (χ3n) is 3.28. The molecule has 4 nitrogen and oxygen atoms in total. The van der Waals surface area contributed by atoms with Crippen LogP contribution in [0.15, 0.2) is 60.7 Å². The van der Waals surface area contributed by atoms with E-state index in [0.717, 1.165) is 0 Å². The summed E-state index contributed by atoms with van der Waals surface area (Å²) in [6.07, 6.45) is -3.20. The third kappa shape index (κ3) is 5.81. The number of hydrogen-bond donors (Lipinski definition) is 2. The maximum Gasteiger partial charge on any atom is 0.170 e. The average molecular weight is 317 g/mol. The molecule has 122 valence electrons. The van der Waals surface area contributed by atoms with Gasteiger partial charge in [-0.05, 0) is 17.7 Å². The number of hydrogen-bond acceptors (Lipinski definition) is 4. The molecule has 0 aliphatic carbocycles. The molecular weight excluding hydrogens is 297 g/mol. The molecule has 5 heteroatoms. The van der Waals surface area contributed by atoms with Gasteiger partial charge in [0, 0.05) is 6.54 Å². The lowest BCUT2D eigenvalue weighted by Crippen LogP contribution is -2.32. The van der Waals surface area contributed by atoms with E-state index in [-0.39, 0.29) is 13.0 Å². The standard InChI is InChI=1S/C18H20FNO3/c19-17(20-11-12-23-15-9-5-2-6-10-15)13-16(21)18(22)14-7-3-1-4-8-14/h1-10,17-18,20,22H,11-13H2. The highest BCUT2D eigenvalue weighted by molar-refractivity contribution is 5.84. The van der Waals surface area contributed by atoms with Crippen LogP contribution in [0.5, 0.6) is 5.75 Å². The van der Waals surface area contributed by atoms with Gasteiger partial charge in [0.1, 0.15) is 18.5 Å². The summed E-state index contributed by atoms with van der Waals surface area (Å²) in [6, 6.07) is 17.7. The van der Waals surface area contributed by atoms with Crippen LogP contribution in [-0.2, 0) is 4.79 Å². The quantitative estimate of drug-likeness (QED) is 0.551. The molecule has 2 atom stereocenters. The Balaban J connectivity index is 1.68. The SMILES string of the molecule is O=C(CC(F)NCCOc1ccccc1)C(O)c1ccccc1. The van der Waals surface area contributed by atoms with Crippen LogP contribution >= 0.6 is 0 Å². The number of ether oxygens (including phenoxy) is 1. The number of ketones is 1. The molecule has 2 aromatic rings. The molecule has 2 rings (SSSR count). The van der Waals surface area contributed by atoms with Gasteiger partial charge in [-0.2, -0.15) is 0 Å². The zero-order valence-electron chi connectivity index (χ0n) is 12.7. The van der Waals surface area contributed by atoms with E-state index in [4.69, 9.17) is 4.74 Å². The van der Waals surface area contributed by atoms with Crippen LogP contribution < -0.4 is 10.1 Å². The van der Waals surface area contributed by atoms with Crippen molar-refractivity contribution in [3.8, 4) is 5.75 Å². The fourth-order valence-electron chi connectivity index (χ4n) is 2.08. The van der Waals surface area contributed by atoms with E-state index >= 15 is 0 Å². The van der Waals surface area contributed by atoms with Gasteiger partial charge in [-0.3, -0.25) is 10.1 Å². The highest BCUT2D eigenvalue weighted by Crippen LogP contribution is 2.16. The lowest BCUT2D eigenvalue weighted by atomic mass is 10.0. The highest BCUT2D eigenvalue weighted by atomic mass is 19.1. The lowest BCUT2D eigenvalue weighted by molar-refractivity contribution is -0.128. The number of aliphatic hydroxyl groups is 1. The average Bonchev–Trinajstić information content (AvgIpc) is 2.59. The molecule has 0 aromatic heterocycles. The third-order valence-corrected chi connectivity index (χ3v) is 3.28. The lowest BCUT2D eigenvalue weighted by Gasteiger charge is -2.14. The molecule has 0 radical (unpaired) electrons. The molecule has 0 saturated heterocycles. The summed E-state index contributed by atoms with van der Waals surface area (Å²) >= 11 is 0. The number of alkyl halides is 1. The molecule has 2 N–H and O–H groups in total. The summed E-state index contributed by atoms with van der Waals surface area (Å²) in [6.45, 7) is 0.560. The van der Waals surface area contributed by atoms with Crippen molar-refractivity contribution in [2.45, 2.75) is 18.8 Å². The summed E-state index contributed by atoms with van der Waals surface area (Å²) in [4.78, 5) is 11.8. The zero-order valence-corrected chi connectivity index (χ0v) is 12.7. The van der Waals surface area contributed by atoms with Crippen molar-refractivity contribution >= 4 is 5.78 Å². The molecule has 0 aliphatic heterocycles. The predicted octanol–water partition coefficient (Wildman–Crippen LogP) is 2.64. The van der Waals surface area contributed by atoms with Crippen molar-refractivity contribution in [2.75, 3.05) is 13.2 Å². The fraction of sp³-hybridized carbons (Fsp3) is 0.278.